The van der Waals surface area contributed by atoms with Crippen molar-refractivity contribution in [1.29, 1.82) is 0 Å². The third-order valence-corrected chi connectivity index (χ3v) is 4.39. The molecule has 1 aliphatic heterocycles. The number of phenols is 1. The minimum absolute atomic E-state index is 0.0205. The monoisotopic (exact) mass is 382 g/mol. The zero-order valence-corrected chi connectivity index (χ0v) is 15.5. The molecule has 1 heterocycles. The first-order valence-corrected chi connectivity index (χ1v) is 8.92. The Balaban J connectivity index is 1.84. The Bertz CT molecular complexity index is 882. The molecule has 2 atom stereocenters. The molecule has 2 aromatic rings. The summed E-state index contributed by atoms with van der Waals surface area (Å²) in [6.07, 6.45) is 0. The van der Waals surface area contributed by atoms with Gasteiger partial charge in [0, 0.05) is 5.70 Å². The maximum absolute atomic E-state index is 12.8. The average molecular weight is 382 g/mol. The summed E-state index contributed by atoms with van der Waals surface area (Å²) in [6, 6.07) is 12.8. The molecule has 0 bridgehead atoms. The SMILES string of the molecule is C=C1NC(=O)NC(c2ccc(O)c(OCC)c2)C1C(=O)OCc1ccccc1. The van der Waals surface area contributed by atoms with Crippen molar-refractivity contribution in [1.82, 2.24) is 10.6 Å². The molecule has 1 saturated heterocycles. The summed E-state index contributed by atoms with van der Waals surface area (Å²) in [6.45, 7) is 6.10. The second-order valence-corrected chi connectivity index (χ2v) is 6.33. The van der Waals surface area contributed by atoms with Gasteiger partial charge >= 0.3 is 12.0 Å². The Morgan fingerprint density at radius 1 is 1.21 bits per heavy atom. The smallest absolute Gasteiger partial charge is 0.319 e. The minimum Gasteiger partial charge on any atom is -0.504 e. The van der Waals surface area contributed by atoms with Crippen LogP contribution in [0.5, 0.6) is 11.5 Å². The third kappa shape index (κ3) is 4.25. The summed E-state index contributed by atoms with van der Waals surface area (Å²) in [7, 11) is 0. The molecule has 2 amide bonds. The summed E-state index contributed by atoms with van der Waals surface area (Å²) in [4.78, 5) is 24.8. The number of phenolic OH excluding ortho intramolecular Hbond substituents is 1. The maximum Gasteiger partial charge on any atom is 0.319 e. The second kappa shape index (κ2) is 8.47. The Kier molecular flexibility index (Phi) is 5.84. The Morgan fingerprint density at radius 2 is 1.96 bits per heavy atom. The first kappa shape index (κ1) is 19.3. The van der Waals surface area contributed by atoms with E-state index in [9.17, 15) is 14.7 Å². The van der Waals surface area contributed by atoms with Crippen molar-refractivity contribution in [3.8, 4) is 11.5 Å². The summed E-state index contributed by atoms with van der Waals surface area (Å²) < 4.78 is 10.9. The third-order valence-electron chi connectivity index (χ3n) is 4.39. The van der Waals surface area contributed by atoms with Crippen LogP contribution in [0.25, 0.3) is 0 Å². The maximum atomic E-state index is 12.8. The van der Waals surface area contributed by atoms with E-state index in [-0.39, 0.29) is 23.8 Å². The fraction of sp³-hybridized carbons (Fsp3) is 0.238. The molecule has 146 valence electrons. The van der Waals surface area contributed by atoms with Gasteiger partial charge in [0.05, 0.1) is 12.6 Å². The lowest BCUT2D eigenvalue weighted by Gasteiger charge is -2.33. The number of benzene rings is 2. The van der Waals surface area contributed by atoms with E-state index in [1.807, 2.05) is 30.3 Å². The number of amides is 2. The van der Waals surface area contributed by atoms with Crippen LogP contribution in [-0.4, -0.2) is 23.7 Å². The highest BCUT2D eigenvalue weighted by molar-refractivity contribution is 5.85. The van der Waals surface area contributed by atoms with E-state index < -0.39 is 24.0 Å². The standard InChI is InChI=1S/C21H22N2O5/c1-3-27-17-11-15(9-10-16(17)24)19-18(13(2)22-21(26)23-19)20(25)28-12-14-7-5-4-6-8-14/h4-11,18-19,24H,2-3,12H2,1H3,(H2,22,23,26). The lowest BCUT2D eigenvalue weighted by atomic mass is 9.89. The summed E-state index contributed by atoms with van der Waals surface area (Å²) in [5.74, 6) is -1.10. The number of aromatic hydroxyl groups is 1. The van der Waals surface area contributed by atoms with Gasteiger partial charge in [-0.15, -0.1) is 0 Å². The molecule has 1 fully saturated rings. The van der Waals surface area contributed by atoms with Gasteiger partial charge in [-0.3, -0.25) is 4.79 Å². The van der Waals surface area contributed by atoms with Crippen molar-refractivity contribution in [3.05, 3.63) is 71.9 Å². The summed E-state index contributed by atoms with van der Waals surface area (Å²) >= 11 is 0. The van der Waals surface area contributed by atoms with Crippen LogP contribution in [0.1, 0.15) is 24.1 Å². The predicted octanol–water partition coefficient (Wildman–Crippen LogP) is 3.02. The zero-order valence-electron chi connectivity index (χ0n) is 15.5. The van der Waals surface area contributed by atoms with Gasteiger partial charge in [-0.1, -0.05) is 43.0 Å². The fourth-order valence-electron chi connectivity index (χ4n) is 3.05. The Morgan fingerprint density at radius 3 is 2.68 bits per heavy atom. The molecule has 7 heteroatoms. The number of nitrogens with one attached hydrogen (secondary N) is 2. The van der Waals surface area contributed by atoms with Crippen LogP contribution in [0.15, 0.2) is 60.8 Å². The van der Waals surface area contributed by atoms with E-state index >= 15 is 0 Å². The highest BCUT2D eigenvalue weighted by Gasteiger charge is 2.39. The first-order chi connectivity index (χ1) is 13.5. The molecule has 0 spiro atoms. The molecule has 28 heavy (non-hydrogen) atoms. The normalized spacial score (nSPS) is 18.8. The van der Waals surface area contributed by atoms with Crippen LogP contribution in [-0.2, 0) is 16.1 Å². The quantitative estimate of drug-likeness (QED) is 0.668. The van der Waals surface area contributed by atoms with Crippen LogP contribution in [0, 0.1) is 5.92 Å². The molecule has 0 aliphatic carbocycles. The lowest BCUT2D eigenvalue weighted by Crippen LogP contribution is -2.51. The largest absolute Gasteiger partial charge is 0.504 e. The number of carbonyl (C=O) groups excluding carboxylic acids is 2. The van der Waals surface area contributed by atoms with Gasteiger partial charge in [-0.25, -0.2) is 4.79 Å². The zero-order chi connectivity index (χ0) is 20.1. The van der Waals surface area contributed by atoms with Crippen molar-refractivity contribution in [2.45, 2.75) is 19.6 Å². The van der Waals surface area contributed by atoms with Crippen LogP contribution >= 0.6 is 0 Å². The molecule has 3 N–H and O–H groups in total. The molecule has 7 nitrogen and oxygen atoms in total. The van der Waals surface area contributed by atoms with Crippen molar-refractivity contribution in [2.75, 3.05) is 6.61 Å². The van der Waals surface area contributed by atoms with E-state index in [4.69, 9.17) is 9.47 Å². The summed E-state index contributed by atoms with van der Waals surface area (Å²) in [5, 5.41) is 15.2. The average Bonchev–Trinajstić information content (AvgIpc) is 2.68. The predicted molar refractivity (Wildman–Crippen MR) is 103 cm³/mol. The lowest BCUT2D eigenvalue weighted by molar-refractivity contribution is -0.149. The number of esters is 1. The number of urea groups is 1. The van der Waals surface area contributed by atoms with E-state index in [0.717, 1.165) is 5.56 Å². The molecular formula is C21H22N2O5. The number of rotatable bonds is 6. The number of carbonyl (C=O) groups is 2. The number of hydrogen-bond donors (Lipinski definition) is 3. The van der Waals surface area contributed by atoms with Crippen molar-refractivity contribution >= 4 is 12.0 Å². The van der Waals surface area contributed by atoms with Crippen LogP contribution in [0.2, 0.25) is 0 Å². The molecular weight excluding hydrogens is 360 g/mol. The van der Waals surface area contributed by atoms with Crippen molar-refractivity contribution in [3.63, 3.8) is 0 Å². The molecule has 1 aliphatic rings. The second-order valence-electron chi connectivity index (χ2n) is 6.33. The molecule has 0 saturated carbocycles. The van der Waals surface area contributed by atoms with Gasteiger partial charge in [-0.05, 0) is 30.2 Å². The van der Waals surface area contributed by atoms with Gasteiger partial charge in [0.15, 0.2) is 11.5 Å². The molecule has 3 rings (SSSR count). The Labute approximate surface area is 163 Å². The van der Waals surface area contributed by atoms with Gasteiger partial charge < -0.3 is 25.2 Å². The van der Waals surface area contributed by atoms with E-state index in [1.54, 1.807) is 19.1 Å². The van der Waals surface area contributed by atoms with E-state index in [2.05, 4.69) is 17.2 Å². The van der Waals surface area contributed by atoms with Crippen LogP contribution in [0.3, 0.4) is 0 Å². The van der Waals surface area contributed by atoms with Gasteiger partial charge in [-0.2, -0.15) is 0 Å². The molecule has 2 aromatic carbocycles. The molecule has 0 aromatic heterocycles. The summed E-state index contributed by atoms with van der Waals surface area (Å²) in [5.41, 5.74) is 1.70. The minimum atomic E-state index is -0.833. The first-order valence-electron chi connectivity index (χ1n) is 8.92. The number of hydrogen-bond acceptors (Lipinski definition) is 5. The Hall–Kier alpha value is -3.48. The van der Waals surface area contributed by atoms with Crippen molar-refractivity contribution in [2.24, 2.45) is 5.92 Å². The van der Waals surface area contributed by atoms with E-state index in [0.29, 0.717) is 12.2 Å². The fourth-order valence-corrected chi connectivity index (χ4v) is 3.05. The van der Waals surface area contributed by atoms with Gasteiger partial charge in [0.1, 0.15) is 12.5 Å². The van der Waals surface area contributed by atoms with E-state index in [1.165, 1.54) is 6.07 Å². The van der Waals surface area contributed by atoms with Crippen LogP contribution in [0.4, 0.5) is 4.79 Å². The van der Waals surface area contributed by atoms with Gasteiger partial charge in [0.2, 0.25) is 0 Å². The highest BCUT2D eigenvalue weighted by atomic mass is 16.5. The number of ether oxygens (including phenoxy) is 2. The topological polar surface area (TPSA) is 96.9 Å². The van der Waals surface area contributed by atoms with Crippen molar-refractivity contribution < 1.29 is 24.2 Å². The van der Waals surface area contributed by atoms with Gasteiger partial charge in [0.25, 0.3) is 0 Å². The highest BCUT2D eigenvalue weighted by Crippen LogP contribution is 2.35. The van der Waals surface area contributed by atoms with Crippen LogP contribution < -0.4 is 15.4 Å². The molecule has 0 radical (unpaired) electrons. The molecule has 2 unspecified atom stereocenters.